The first-order chi connectivity index (χ1) is 7.11. The van der Waals surface area contributed by atoms with Gasteiger partial charge in [0.15, 0.2) is 0 Å². The first-order valence-corrected chi connectivity index (χ1v) is 4.33. The van der Waals surface area contributed by atoms with Gasteiger partial charge >= 0.3 is 5.63 Å². The highest BCUT2D eigenvalue weighted by Crippen LogP contribution is 2.31. The van der Waals surface area contributed by atoms with Gasteiger partial charge in [-0.05, 0) is 18.2 Å². The molecule has 0 bridgehead atoms. The first kappa shape index (κ1) is 9.67. The number of fused-ring (bicyclic) bond motifs is 1. The standard InChI is InChI=1S/C9H4ClNO4/c10-7-2-1-6-5(8(7)11(13)14)3-4-15-9(6)12/h1-4H. The molecule has 1 heterocycles. The molecule has 0 aliphatic heterocycles. The predicted octanol–water partition coefficient (Wildman–Crippen LogP) is 2.35. The van der Waals surface area contributed by atoms with Gasteiger partial charge < -0.3 is 4.42 Å². The van der Waals surface area contributed by atoms with Gasteiger partial charge in [-0.25, -0.2) is 4.79 Å². The van der Waals surface area contributed by atoms with Gasteiger partial charge in [0.1, 0.15) is 5.02 Å². The van der Waals surface area contributed by atoms with Gasteiger partial charge in [-0.1, -0.05) is 11.6 Å². The molecule has 0 fully saturated rings. The van der Waals surface area contributed by atoms with Crippen LogP contribution in [-0.2, 0) is 0 Å². The van der Waals surface area contributed by atoms with Crippen molar-refractivity contribution in [1.82, 2.24) is 0 Å². The second kappa shape index (κ2) is 3.36. The molecule has 0 unspecified atom stereocenters. The molecule has 0 saturated heterocycles. The molecule has 6 heteroatoms. The predicted molar refractivity (Wildman–Crippen MR) is 54.1 cm³/mol. The number of halogens is 1. The van der Waals surface area contributed by atoms with Crippen molar-refractivity contribution < 1.29 is 9.34 Å². The van der Waals surface area contributed by atoms with E-state index in [0.29, 0.717) is 0 Å². The quantitative estimate of drug-likeness (QED) is 0.552. The Labute approximate surface area is 88.0 Å². The number of hydrogen-bond donors (Lipinski definition) is 0. The van der Waals surface area contributed by atoms with E-state index >= 15 is 0 Å². The van der Waals surface area contributed by atoms with E-state index in [1.165, 1.54) is 18.2 Å². The summed E-state index contributed by atoms with van der Waals surface area (Å²) in [4.78, 5) is 21.3. The fourth-order valence-electron chi connectivity index (χ4n) is 1.34. The lowest BCUT2D eigenvalue weighted by atomic mass is 10.1. The van der Waals surface area contributed by atoms with Crippen LogP contribution in [0.25, 0.3) is 10.8 Å². The molecule has 0 saturated carbocycles. The minimum Gasteiger partial charge on any atom is -0.431 e. The Morgan fingerprint density at radius 3 is 2.67 bits per heavy atom. The SMILES string of the molecule is O=c1occc2c([N+](=O)[O-])c(Cl)ccc12. The van der Waals surface area contributed by atoms with E-state index in [1.807, 2.05) is 0 Å². The average Bonchev–Trinajstić information content (AvgIpc) is 2.17. The number of nitro benzene ring substituents is 1. The van der Waals surface area contributed by atoms with E-state index in [9.17, 15) is 14.9 Å². The van der Waals surface area contributed by atoms with Gasteiger partial charge in [0.25, 0.3) is 5.69 Å². The van der Waals surface area contributed by atoms with Crippen molar-refractivity contribution in [2.45, 2.75) is 0 Å². The van der Waals surface area contributed by atoms with Gasteiger partial charge in [-0.3, -0.25) is 10.1 Å². The monoisotopic (exact) mass is 225 g/mol. The van der Waals surface area contributed by atoms with Crippen LogP contribution in [0, 0.1) is 10.1 Å². The van der Waals surface area contributed by atoms with Crippen molar-refractivity contribution in [3.63, 3.8) is 0 Å². The molecule has 15 heavy (non-hydrogen) atoms. The van der Waals surface area contributed by atoms with Gasteiger partial charge in [0, 0.05) is 0 Å². The molecular weight excluding hydrogens is 222 g/mol. The summed E-state index contributed by atoms with van der Waals surface area (Å²) in [7, 11) is 0. The second-order valence-corrected chi connectivity index (χ2v) is 3.23. The average molecular weight is 226 g/mol. The summed E-state index contributed by atoms with van der Waals surface area (Å²) in [6.07, 6.45) is 1.11. The molecule has 0 atom stereocenters. The Kier molecular flexibility index (Phi) is 2.17. The van der Waals surface area contributed by atoms with Crippen molar-refractivity contribution in [3.05, 3.63) is 50.0 Å². The van der Waals surface area contributed by atoms with E-state index in [4.69, 9.17) is 11.6 Å². The highest BCUT2D eigenvalue weighted by atomic mass is 35.5. The summed E-state index contributed by atoms with van der Waals surface area (Å²) >= 11 is 5.68. The van der Waals surface area contributed by atoms with Gasteiger partial charge in [-0.2, -0.15) is 0 Å². The lowest BCUT2D eigenvalue weighted by Gasteiger charge is -1.99. The van der Waals surface area contributed by atoms with Gasteiger partial charge in [0.2, 0.25) is 0 Å². The maximum absolute atomic E-state index is 11.2. The van der Waals surface area contributed by atoms with Crippen LogP contribution in [-0.4, -0.2) is 4.92 Å². The molecule has 0 aliphatic rings. The summed E-state index contributed by atoms with van der Waals surface area (Å²) in [6.45, 7) is 0. The maximum Gasteiger partial charge on any atom is 0.343 e. The Hall–Kier alpha value is -1.88. The zero-order chi connectivity index (χ0) is 11.0. The van der Waals surface area contributed by atoms with Crippen LogP contribution >= 0.6 is 11.6 Å². The molecule has 0 spiro atoms. The molecule has 2 rings (SSSR count). The summed E-state index contributed by atoms with van der Waals surface area (Å²) < 4.78 is 4.59. The Morgan fingerprint density at radius 1 is 1.27 bits per heavy atom. The molecule has 1 aromatic heterocycles. The van der Waals surface area contributed by atoms with Crippen LogP contribution in [0.15, 0.2) is 33.7 Å². The molecule has 0 amide bonds. The van der Waals surface area contributed by atoms with E-state index < -0.39 is 10.5 Å². The number of hydrogen-bond acceptors (Lipinski definition) is 4. The van der Waals surface area contributed by atoms with Gasteiger partial charge in [0.05, 0.1) is 22.0 Å². The molecule has 0 radical (unpaired) electrons. The summed E-state index contributed by atoms with van der Waals surface area (Å²) in [5.74, 6) is 0. The largest absolute Gasteiger partial charge is 0.431 e. The number of rotatable bonds is 1. The Balaban J connectivity index is 3.01. The van der Waals surface area contributed by atoms with Crippen LogP contribution in [0.1, 0.15) is 0 Å². The van der Waals surface area contributed by atoms with Crippen molar-refractivity contribution >= 4 is 28.1 Å². The van der Waals surface area contributed by atoms with E-state index in [1.54, 1.807) is 0 Å². The van der Waals surface area contributed by atoms with Crippen molar-refractivity contribution in [1.29, 1.82) is 0 Å². The number of nitro groups is 1. The van der Waals surface area contributed by atoms with Crippen molar-refractivity contribution in [2.75, 3.05) is 0 Å². The van der Waals surface area contributed by atoms with Gasteiger partial charge in [-0.15, -0.1) is 0 Å². The summed E-state index contributed by atoms with van der Waals surface area (Å²) in [5.41, 5.74) is -0.894. The molecule has 0 aliphatic carbocycles. The smallest absolute Gasteiger partial charge is 0.343 e. The zero-order valence-corrected chi connectivity index (χ0v) is 8.02. The van der Waals surface area contributed by atoms with E-state index in [-0.39, 0.29) is 21.5 Å². The summed E-state index contributed by atoms with van der Waals surface area (Å²) in [6, 6.07) is 4.05. The third-order valence-corrected chi connectivity index (χ3v) is 2.29. The second-order valence-electron chi connectivity index (χ2n) is 2.82. The lowest BCUT2D eigenvalue weighted by Crippen LogP contribution is -2.00. The fourth-order valence-corrected chi connectivity index (χ4v) is 1.57. The Morgan fingerprint density at radius 2 is 2.00 bits per heavy atom. The topological polar surface area (TPSA) is 73.3 Å². The highest BCUT2D eigenvalue weighted by molar-refractivity contribution is 6.34. The number of nitrogens with zero attached hydrogens (tertiary/aromatic N) is 1. The van der Waals surface area contributed by atoms with E-state index in [2.05, 4.69) is 4.42 Å². The Bertz CT molecular complexity index is 605. The molecule has 76 valence electrons. The molecule has 2 aromatic rings. The van der Waals surface area contributed by atoms with Crippen LogP contribution in [0.2, 0.25) is 5.02 Å². The molecule has 0 N–H and O–H groups in total. The van der Waals surface area contributed by atoms with Crippen LogP contribution in [0.3, 0.4) is 0 Å². The normalized spacial score (nSPS) is 10.5. The van der Waals surface area contributed by atoms with Crippen LogP contribution in [0.5, 0.6) is 0 Å². The third-order valence-electron chi connectivity index (χ3n) is 1.98. The van der Waals surface area contributed by atoms with E-state index in [0.717, 1.165) is 6.26 Å². The maximum atomic E-state index is 11.2. The van der Waals surface area contributed by atoms with Crippen LogP contribution < -0.4 is 5.63 Å². The summed E-state index contributed by atoms with van der Waals surface area (Å²) in [5, 5.41) is 11.1. The molecular formula is C9H4ClNO4. The number of benzene rings is 1. The van der Waals surface area contributed by atoms with Crippen molar-refractivity contribution in [2.24, 2.45) is 0 Å². The molecule has 1 aromatic carbocycles. The lowest BCUT2D eigenvalue weighted by molar-refractivity contribution is -0.382. The molecule has 5 nitrogen and oxygen atoms in total. The minimum atomic E-state index is -0.621. The minimum absolute atomic E-state index is 0.00176. The van der Waals surface area contributed by atoms with Crippen molar-refractivity contribution in [3.8, 4) is 0 Å². The van der Waals surface area contributed by atoms with Crippen LogP contribution in [0.4, 0.5) is 5.69 Å². The first-order valence-electron chi connectivity index (χ1n) is 3.95. The highest BCUT2D eigenvalue weighted by Gasteiger charge is 2.18. The third kappa shape index (κ3) is 1.46. The zero-order valence-electron chi connectivity index (χ0n) is 7.27. The fraction of sp³-hybridized carbons (Fsp3) is 0.